The Kier molecular flexibility index (Phi) is 2.66. The van der Waals surface area contributed by atoms with E-state index in [1.807, 2.05) is 0 Å². The number of β-amino-alcohol motifs (C(OH)–C–C–N with tert-alkyl or cyclic N) is 2. The van der Waals surface area contributed by atoms with Crippen molar-refractivity contribution in [1.29, 1.82) is 0 Å². The SMILES string of the molecule is OC1CN(CC2(CBr)CC2)CC1O. The molecule has 0 aromatic rings. The number of hydrogen-bond donors (Lipinski definition) is 2. The predicted octanol–water partition coefficient (Wildman–Crippen LogP) is 0.199. The van der Waals surface area contributed by atoms with Crippen LogP contribution in [0.1, 0.15) is 12.8 Å². The standard InChI is InChI=1S/C9H16BrNO2/c10-5-9(1-2-9)6-11-3-7(12)8(13)4-11/h7-8,12-13H,1-6H2. The number of rotatable bonds is 3. The fraction of sp³-hybridized carbons (Fsp3) is 1.00. The quantitative estimate of drug-likeness (QED) is 0.703. The van der Waals surface area contributed by atoms with Crippen molar-refractivity contribution in [3.63, 3.8) is 0 Å². The molecule has 0 spiro atoms. The molecule has 4 heteroatoms. The van der Waals surface area contributed by atoms with E-state index in [9.17, 15) is 10.2 Å². The molecule has 1 saturated heterocycles. The number of aliphatic hydroxyl groups is 2. The molecule has 2 rings (SSSR count). The number of aliphatic hydroxyl groups excluding tert-OH is 2. The minimum Gasteiger partial charge on any atom is -0.389 e. The first kappa shape index (κ1) is 9.90. The molecule has 0 radical (unpaired) electrons. The van der Waals surface area contributed by atoms with Gasteiger partial charge in [-0.1, -0.05) is 15.9 Å². The molecule has 0 aromatic heterocycles. The van der Waals surface area contributed by atoms with Gasteiger partial charge in [-0.15, -0.1) is 0 Å². The number of hydrogen-bond acceptors (Lipinski definition) is 3. The van der Waals surface area contributed by atoms with Gasteiger partial charge in [-0.2, -0.15) is 0 Å². The van der Waals surface area contributed by atoms with E-state index in [2.05, 4.69) is 20.8 Å². The summed E-state index contributed by atoms with van der Waals surface area (Å²) in [4.78, 5) is 2.17. The summed E-state index contributed by atoms with van der Waals surface area (Å²) in [5, 5.41) is 19.8. The van der Waals surface area contributed by atoms with Gasteiger partial charge >= 0.3 is 0 Å². The van der Waals surface area contributed by atoms with Crippen molar-refractivity contribution in [3.8, 4) is 0 Å². The Labute approximate surface area is 86.9 Å². The Bertz CT molecular complexity index is 186. The van der Waals surface area contributed by atoms with Crippen LogP contribution in [0.4, 0.5) is 0 Å². The lowest BCUT2D eigenvalue weighted by atomic mass is 10.1. The van der Waals surface area contributed by atoms with Crippen molar-refractivity contribution in [2.45, 2.75) is 25.0 Å². The van der Waals surface area contributed by atoms with Gasteiger partial charge in [0.05, 0.1) is 12.2 Å². The number of likely N-dealkylation sites (tertiary alicyclic amines) is 1. The molecule has 76 valence electrons. The molecule has 0 aromatic carbocycles. The Balaban J connectivity index is 1.83. The highest BCUT2D eigenvalue weighted by atomic mass is 79.9. The summed E-state index contributed by atoms with van der Waals surface area (Å²) in [5.74, 6) is 0. The van der Waals surface area contributed by atoms with E-state index < -0.39 is 12.2 Å². The van der Waals surface area contributed by atoms with E-state index in [1.54, 1.807) is 0 Å². The summed E-state index contributed by atoms with van der Waals surface area (Å²) >= 11 is 3.52. The topological polar surface area (TPSA) is 43.7 Å². The molecule has 2 fully saturated rings. The number of halogens is 1. The summed E-state index contributed by atoms with van der Waals surface area (Å²) in [6.07, 6.45) is 1.49. The molecule has 2 atom stereocenters. The summed E-state index contributed by atoms with van der Waals surface area (Å²) in [5.41, 5.74) is 0.448. The maximum atomic E-state index is 9.35. The van der Waals surface area contributed by atoms with E-state index in [-0.39, 0.29) is 0 Å². The van der Waals surface area contributed by atoms with Crippen LogP contribution in [0.2, 0.25) is 0 Å². The molecule has 1 aliphatic carbocycles. The van der Waals surface area contributed by atoms with Crippen LogP contribution in [-0.2, 0) is 0 Å². The highest BCUT2D eigenvalue weighted by Gasteiger charge is 2.44. The normalized spacial score (nSPS) is 38.1. The zero-order valence-corrected chi connectivity index (χ0v) is 9.20. The average Bonchev–Trinajstić information content (AvgIpc) is 2.78. The highest BCUT2D eigenvalue weighted by molar-refractivity contribution is 9.09. The summed E-state index contributed by atoms with van der Waals surface area (Å²) in [6, 6.07) is 0. The lowest BCUT2D eigenvalue weighted by Gasteiger charge is -2.20. The molecule has 1 aliphatic heterocycles. The molecular weight excluding hydrogens is 234 g/mol. The van der Waals surface area contributed by atoms with Crippen LogP contribution in [0.15, 0.2) is 0 Å². The Morgan fingerprint density at radius 1 is 1.23 bits per heavy atom. The average molecular weight is 250 g/mol. The molecular formula is C9H16BrNO2. The zero-order valence-electron chi connectivity index (χ0n) is 7.62. The number of alkyl halides is 1. The van der Waals surface area contributed by atoms with Crippen LogP contribution in [0, 0.1) is 5.41 Å². The van der Waals surface area contributed by atoms with Crippen LogP contribution >= 0.6 is 15.9 Å². The zero-order chi connectivity index (χ0) is 9.47. The molecule has 0 bridgehead atoms. The maximum absolute atomic E-state index is 9.35. The van der Waals surface area contributed by atoms with E-state index >= 15 is 0 Å². The van der Waals surface area contributed by atoms with Crippen molar-refractivity contribution >= 4 is 15.9 Å². The van der Waals surface area contributed by atoms with Gasteiger partial charge in [-0.05, 0) is 18.3 Å². The minimum absolute atomic E-state index is 0.448. The third-order valence-corrected chi connectivity index (χ3v) is 4.32. The van der Waals surface area contributed by atoms with E-state index in [1.165, 1.54) is 12.8 Å². The van der Waals surface area contributed by atoms with Crippen LogP contribution in [0.3, 0.4) is 0 Å². The second kappa shape index (κ2) is 3.50. The van der Waals surface area contributed by atoms with Crippen molar-refractivity contribution in [2.24, 2.45) is 5.41 Å². The van der Waals surface area contributed by atoms with Crippen molar-refractivity contribution < 1.29 is 10.2 Å². The minimum atomic E-state index is -0.536. The fourth-order valence-electron chi connectivity index (χ4n) is 1.96. The van der Waals surface area contributed by atoms with Gasteiger partial charge in [0.25, 0.3) is 0 Å². The summed E-state index contributed by atoms with van der Waals surface area (Å²) in [6.45, 7) is 2.29. The van der Waals surface area contributed by atoms with Crippen LogP contribution < -0.4 is 0 Å². The first-order valence-corrected chi connectivity index (χ1v) is 5.92. The van der Waals surface area contributed by atoms with Gasteiger partial charge in [0.1, 0.15) is 0 Å². The van der Waals surface area contributed by atoms with Crippen LogP contribution in [0.5, 0.6) is 0 Å². The highest BCUT2D eigenvalue weighted by Crippen LogP contribution is 2.47. The first-order chi connectivity index (χ1) is 6.15. The predicted molar refractivity (Wildman–Crippen MR) is 53.9 cm³/mol. The van der Waals surface area contributed by atoms with Gasteiger partial charge in [-0.25, -0.2) is 0 Å². The van der Waals surface area contributed by atoms with Gasteiger partial charge in [-0.3, -0.25) is 4.90 Å². The third-order valence-electron chi connectivity index (χ3n) is 3.13. The van der Waals surface area contributed by atoms with Crippen LogP contribution in [-0.4, -0.2) is 52.3 Å². The summed E-state index contributed by atoms with van der Waals surface area (Å²) in [7, 11) is 0. The molecule has 13 heavy (non-hydrogen) atoms. The molecule has 1 heterocycles. The molecule has 0 amide bonds. The van der Waals surface area contributed by atoms with E-state index in [0.717, 1.165) is 11.9 Å². The first-order valence-electron chi connectivity index (χ1n) is 4.80. The van der Waals surface area contributed by atoms with E-state index in [4.69, 9.17) is 0 Å². The van der Waals surface area contributed by atoms with E-state index in [0.29, 0.717) is 18.5 Å². The molecule has 2 aliphatic rings. The second-order valence-electron chi connectivity index (χ2n) is 4.46. The third kappa shape index (κ3) is 2.06. The van der Waals surface area contributed by atoms with Gasteiger partial charge in [0, 0.05) is 25.0 Å². The molecule has 3 nitrogen and oxygen atoms in total. The Morgan fingerprint density at radius 3 is 2.15 bits per heavy atom. The largest absolute Gasteiger partial charge is 0.389 e. The van der Waals surface area contributed by atoms with Gasteiger partial charge in [0.15, 0.2) is 0 Å². The smallest absolute Gasteiger partial charge is 0.0938 e. The lowest BCUT2D eigenvalue weighted by Crippen LogP contribution is -2.30. The lowest BCUT2D eigenvalue weighted by molar-refractivity contribution is 0.0572. The summed E-state index contributed by atoms with van der Waals surface area (Å²) < 4.78 is 0. The molecule has 1 saturated carbocycles. The fourth-order valence-corrected chi connectivity index (χ4v) is 2.70. The van der Waals surface area contributed by atoms with Gasteiger partial charge < -0.3 is 10.2 Å². The molecule has 2 unspecified atom stereocenters. The number of nitrogens with zero attached hydrogens (tertiary/aromatic N) is 1. The van der Waals surface area contributed by atoms with Crippen molar-refractivity contribution in [2.75, 3.05) is 25.0 Å². The molecule has 2 N–H and O–H groups in total. The van der Waals surface area contributed by atoms with Gasteiger partial charge in [0.2, 0.25) is 0 Å². The van der Waals surface area contributed by atoms with Crippen molar-refractivity contribution in [1.82, 2.24) is 4.90 Å². The Morgan fingerprint density at radius 2 is 1.77 bits per heavy atom. The van der Waals surface area contributed by atoms with Crippen molar-refractivity contribution in [3.05, 3.63) is 0 Å². The van der Waals surface area contributed by atoms with Crippen LogP contribution in [0.25, 0.3) is 0 Å². The second-order valence-corrected chi connectivity index (χ2v) is 5.02. The Hall–Kier alpha value is 0.360. The maximum Gasteiger partial charge on any atom is 0.0938 e. The monoisotopic (exact) mass is 249 g/mol.